The largest absolute Gasteiger partial charge is 0.417 e. The first-order chi connectivity index (χ1) is 15.5. The molecule has 174 valence electrons. The number of thiophene rings is 1. The minimum absolute atomic E-state index is 0.0460. The van der Waals surface area contributed by atoms with Crippen LogP contribution in [0.5, 0.6) is 0 Å². The number of alkyl halides is 3. The lowest BCUT2D eigenvalue weighted by Crippen LogP contribution is -2.48. The molecule has 0 bridgehead atoms. The SMILES string of the molecule is Cc1ccc(C(=O)N2CCC3(CC2)CN(c2ccc(C#N)c(C(F)(F)F)c2)CC3C(N)=O)s1. The molecule has 2 saturated heterocycles. The van der Waals surface area contributed by atoms with Crippen LogP contribution in [0, 0.1) is 29.6 Å². The van der Waals surface area contributed by atoms with Crippen LogP contribution < -0.4 is 10.6 Å². The predicted octanol–water partition coefficient (Wildman–Crippen LogP) is 3.79. The monoisotopic (exact) mass is 476 g/mol. The first-order valence-corrected chi connectivity index (χ1v) is 11.4. The molecular weight excluding hydrogens is 453 g/mol. The number of hydrogen-bond acceptors (Lipinski definition) is 5. The van der Waals surface area contributed by atoms with E-state index in [1.54, 1.807) is 21.9 Å². The second kappa shape index (κ2) is 8.37. The van der Waals surface area contributed by atoms with E-state index < -0.39 is 34.5 Å². The molecule has 4 rings (SSSR count). The summed E-state index contributed by atoms with van der Waals surface area (Å²) in [7, 11) is 0. The number of nitriles is 1. The number of hydrogen-bond donors (Lipinski definition) is 1. The number of likely N-dealkylation sites (tertiary alicyclic amines) is 1. The average molecular weight is 477 g/mol. The number of nitrogens with zero attached hydrogens (tertiary/aromatic N) is 3. The zero-order chi connectivity index (χ0) is 24.0. The third-order valence-electron chi connectivity index (χ3n) is 6.78. The maximum Gasteiger partial charge on any atom is 0.417 e. The van der Waals surface area contributed by atoms with Crippen LogP contribution in [-0.4, -0.2) is 42.9 Å². The molecule has 2 fully saturated rings. The summed E-state index contributed by atoms with van der Waals surface area (Å²) in [6.45, 7) is 3.41. The van der Waals surface area contributed by atoms with Crippen molar-refractivity contribution in [3.63, 3.8) is 0 Å². The normalized spacial score (nSPS) is 20.2. The number of primary amides is 1. The molecule has 10 heteroatoms. The standard InChI is InChI=1S/C23H23F3N4O2S/c1-14-2-5-19(33-14)21(32)29-8-6-22(7-9-29)13-30(12-18(22)20(28)31)16-4-3-15(11-27)17(10-16)23(24,25)26/h2-5,10,18H,6-9,12-13H2,1H3,(H2,28,31). The summed E-state index contributed by atoms with van der Waals surface area (Å²) in [4.78, 5) is 30.3. The first-order valence-electron chi connectivity index (χ1n) is 10.6. The fourth-order valence-electron chi connectivity index (χ4n) is 4.99. The molecule has 2 amide bonds. The third-order valence-corrected chi connectivity index (χ3v) is 7.77. The number of carbonyl (C=O) groups excluding carboxylic acids is 2. The molecular formula is C23H23F3N4O2S. The van der Waals surface area contributed by atoms with Gasteiger partial charge in [0, 0.05) is 42.2 Å². The second-order valence-corrected chi connectivity index (χ2v) is 10.0. The summed E-state index contributed by atoms with van der Waals surface area (Å²) < 4.78 is 40.3. The number of benzene rings is 1. The van der Waals surface area contributed by atoms with Gasteiger partial charge in [-0.3, -0.25) is 9.59 Å². The van der Waals surface area contributed by atoms with Gasteiger partial charge in [-0.05, 0) is 50.1 Å². The van der Waals surface area contributed by atoms with E-state index in [9.17, 15) is 22.8 Å². The van der Waals surface area contributed by atoms with Crippen LogP contribution in [0.3, 0.4) is 0 Å². The summed E-state index contributed by atoms with van der Waals surface area (Å²) in [5, 5.41) is 9.05. The second-order valence-electron chi connectivity index (χ2n) is 8.74. The predicted molar refractivity (Wildman–Crippen MR) is 118 cm³/mol. The summed E-state index contributed by atoms with van der Waals surface area (Å²) in [6, 6.07) is 8.89. The fourth-order valence-corrected chi connectivity index (χ4v) is 5.82. The summed E-state index contributed by atoms with van der Waals surface area (Å²) in [5.41, 5.74) is 4.06. The molecule has 0 radical (unpaired) electrons. The van der Waals surface area contributed by atoms with Gasteiger partial charge < -0.3 is 15.5 Å². The van der Waals surface area contributed by atoms with Crippen molar-refractivity contribution < 1.29 is 22.8 Å². The summed E-state index contributed by atoms with van der Waals surface area (Å²) >= 11 is 1.43. The Hall–Kier alpha value is -3.06. The lowest BCUT2D eigenvalue weighted by atomic mass is 9.70. The maximum atomic E-state index is 13.4. The molecule has 1 aromatic heterocycles. The van der Waals surface area contributed by atoms with Gasteiger partial charge >= 0.3 is 6.18 Å². The van der Waals surface area contributed by atoms with Crippen LogP contribution >= 0.6 is 11.3 Å². The highest BCUT2D eigenvalue weighted by Crippen LogP contribution is 2.47. The van der Waals surface area contributed by atoms with E-state index in [1.807, 2.05) is 13.0 Å². The smallest absolute Gasteiger partial charge is 0.370 e. The van der Waals surface area contributed by atoms with Crippen molar-refractivity contribution in [1.29, 1.82) is 5.26 Å². The van der Waals surface area contributed by atoms with E-state index in [-0.39, 0.29) is 12.5 Å². The lowest BCUT2D eigenvalue weighted by Gasteiger charge is -2.41. The van der Waals surface area contributed by atoms with E-state index in [2.05, 4.69) is 0 Å². The van der Waals surface area contributed by atoms with Gasteiger partial charge in [-0.2, -0.15) is 18.4 Å². The van der Waals surface area contributed by atoms with Crippen molar-refractivity contribution in [3.8, 4) is 6.07 Å². The highest BCUT2D eigenvalue weighted by Gasteiger charge is 2.51. The number of nitrogens with two attached hydrogens (primary N) is 1. The maximum absolute atomic E-state index is 13.4. The minimum atomic E-state index is -4.66. The van der Waals surface area contributed by atoms with Gasteiger partial charge in [-0.1, -0.05) is 0 Å². The Morgan fingerprint density at radius 1 is 1.21 bits per heavy atom. The van der Waals surface area contributed by atoms with E-state index in [4.69, 9.17) is 11.0 Å². The number of halogens is 3. The Balaban J connectivity index is 1.55. The molecule has 1 aromatic carbocycles. The van der Waals surface area contributed by atoms with Gasteiger partial charge in [0.2, 0.25) is 5.91 Å². The first kappa shape index (κ1) is 23.1. The molecule has 1 atom stereocenters. The Labute approximate surface area is 193 Å². The third kappa shape index (κ3) is 4.29. The average Bonchev–Trinajstić information content (AvgIpc) is 3.37. The number of anilines is 1. The number of rotatable bonds is 3. The van der Waals surface area contributed by atoms with E-state index in [1.165, 1.54) is 17.4 Å². The van der Waals surface area contributed by atoms with Gasteiger partial charge in [-0.25, -0.2) is 0 Å². The molecule has 2 aliphatic heterocycles. The molecule has 3 heterocycles. The number of piperidine rings is 1. The molecule has 2 aromatic rings. The van der Waals surface area contributed by atoms with Crippen molar-refractivity contribution in [1.82, 2.24) is 4.90 Å². The van der Waals surface area contributed by atoms with Crippen LogP contribution in [0.25, 0.3) is 0 Å². The summed E-state index contributed by atoms with van der Waals surface area (Å²) in [5.74, 6) is -1.07. The van der Waals surface area contributed by atoms with Crippen LogP contribution in [-0.2, 0) is 11.0 Å². The Morgan fingerprint density at radius 3 is 2.45 bits per heavy atom. The van der Waals surface area contributed by atoms with E-state index in [0.717, 1.165) is 17.0 Å². The highest BCUT2D eigenvalue weighted by molar-refractivity contribution is 7.13. The van der Waals surface area contributed by atoms with Crippen LogP contribution in [0.1, 0.15) is 38.5 Å². The van der Waals surface area contributed by atoms with Crippen LogP contribution in [0.2, 0.25) is 0 Å². The number of carbonyl (C=O) groups is 2. The van der Waals surface area contributed by atoms with Crippen molar-refractivity contribution in [2.24, 2.45) is 17.1 Å². The summed E-state index contributed by atoms with van der Waals surface area (Å²) in [6.07, 6.45) is -3.58. The molecule has 2 aliphatic rings. The minimum Gasteiger partial charge on any atom is -0.370 e. The zero-order valence-corrected chi connectivity index (χ0v) is 18.8. The van der Waals surface area contributed by atoms with Crippen molar-refractivity contribution in [3.05, 3.63) is 51.2 Å². The molecule has 2 N–H and O–H groups in total. The quantitative estimate of drug-likeness (QED) is 0.730. The number of amides is 2. The Morgan fingerprint density at radius 2 is 1.91 bits per heavy atom. The lowest BCUT2D eigenvalue weighted by molar-refractivity contribution is -0.137. The molecule has 1 unspecified atom stereocenters. The van der Waals surface area contributed by atoms with Crippen molar-refractivity contribution >= 4 is 28.8 Å². The van der Waals surface area contributed by atoms with Gasteiger partial charge in [0.05, 0.1) is 28.0 Å². The molecule has 0 saturated carbocycles. The van der Waals surface area contributed by atoms with Gasteiger partial charge in [0.25, 0.3) is 5.91 Å². The van der Waals surface area contributed by atoms with E-state index in [0.29, 0.717) is 43.0 Å². The molecule has 33 heavy (non-hydrogen) atoms. The van der Waals surface area contributed by atoms with Crippen molar-refractivity contribution in [2.45, 2.75) is 25.9 Å². The van der Waals surface area contributed by atoms with Crippen LogP contribution in [0.15, 0.2) is 30.3 Å². The fraction of sp³-hybridized carbons (Fsp3) is 0.435. The Bertz CT molecular complexity index is 1130. The molecule has 0 aliphatic carbocycles. The van der Waals surface area contributed by atoms with Crippen LogP contribution in [0.4, 0.5) is 18.9 Å². The van der Waals surface area contributed by atoms with Gasteiger partial charge in [0.15, 0.2) is 0 Å². The Kier molecular flexibility index (Phi) is 5.86. The van der Waals surface area contributed by atoms with E-state index >= 15 is 0 Å². The van der Waals surface area contributed by atoms with Crippen molar-refractivity contribution in [2.75, 3.05) is 31.1 Å². The van der Waals surface area contributed by atoms with Gasteiger partial charge in [0.1, 0.15) is 0 Å². The highest BCUT2D eigenvalue weighted by atomic mass is 32.1. The molecule has 6 nitrogen and oxygen atoms in total. The topological polar surface area (TPSA) is 90.4 Å². The molecule has 1 spiro atoms. The number of aryl methyl sites for hydroxylation is 1. The van der Waals surface area contributed by atoms with Gasteiger partial charge in [-0.15, -0.1) is 11.3 Å². The zero-order valence-electron chi connectivity index (χ0n) is 18.0.